The summed E-state index contributed by atoms with van der Waals surface area (Å²) in [4.78, 5) is 27.1. The first-order valence-corrected chi connectivity index (χ1v) is 8.01. The van der Waals surface area contributed by atoms with Crippen molar-refractivity contribution < 1.29 is 4.79 Å². The van der Waals surface area contributed by atoms with Crippen molar-refractivity contribution in [2.24, 2.45) is 7.05 Å². The molecule has 1 N–H and O–H groups in total. The Kier molecular flexibility index (Phi) is 5.36. The first-order chi connectivity index (χ1) is 10.8. The molecule has 1 aliphatic heterocycles. The molecular formula is C17H26N4O2. The Morgan fingerprint density at radius 3 is 2.52 bits per heavy atom. The van der Waals surface area contributed by atoms with Crippen LogP contribution in [0.5, 0.6) is 0 Å². The van der Waals surface area contributed by atoms with E-state index in [0.717, 1.165) is 38.0 Å². The maximum absolute atomic E-state index is 12.5. The molecule has 0 atom stereocenters. The minimum Gasteiger partial charge on any atom is -0.349 e. The first kappa shape index (κ1) is 17.4. The number of likely N-dealkylation sites (tertiary alicyclic amines) is 1. The summed E-state index contributed by atoms with van der Waals surface area (Å²) >= 11 is 0. The van der Waals surface area contributed by atoms with Crippen LogP contribution in [0.1, 0.15) is 41.4 Å². The van der Waals surface area contributed by atoms with Crippen molar-refractivity contribution in [1.29, 1.82) is 0 Å². The zero-order chi connectivity index (χ0) is 17.1. The van der Waals surface area contributed by atoms with E-state index >= 15 is 0 Å². The average Bonchev–Trinajstić information content (AvgIpc) is 2.47. The van der Waals surface area contributed by atoms with Gasteiger partial charge < -0.3 is 5.32 Å². The van der Waals surface area contributed by atoms with Crippen molar-refractivity contribution in [3.05, 3.63) is 39.3 Å². The van der Waals surface area contributed by atoms with Crippen molar-refractivity contribution in [3.63, 3.8) is 0 Å². The molecular weight excluding hydrogens is 292 g/mol. The van der Waals surface area contributed by atoms with Crippen molar-refractivity contribution >= 4 is 5.91 Å². The Morgan fingerprint density at radius 2 is 1.96 bits per heavy atom. The smallest absolute Gasteiger partial charge is 0.279 e. The zero-order valence-corrected chi connectivity index (χ0v) is 14.5. The van der Waals surface area contributed by atoms with E-state index in [1.807, 2.05) is 13.8 Å². The van der Waals surface area contributed by atoms with Crippen molar-refractivity contribution in [2.75, 3.05) is 19.6 Å². The number of carbonyl (C=O) groups is 1. The van der Waals surface area contributed by atoms with Gasteiger partial charge in [-0.05, 0) is 39.2 Å². The molecule has 1 saturated heterocycles. The minimum absolute atomic E-state index is 0.112. The zero-order valence-electron chi connectivity index (χ0n) is 14.5. The molecule has 0 aromatic carbocycles. The predicted molar refractivity (Wildman–Crippen MR) is 90.7 cm³/mol. The Labute approximate surface area is 137 Å². The molecule has 2 heterocycles. The van der Waals surface area contributed by atoms with Gasteiger partial charge in [-0.1, -0.05) is 12.2 Å². The number of amides is 1. The molecule has 1 amide bonds. The van der Waals surface area contributed by atoms with Crippen LogP contribution in [0.25, 0.3) is 0 Å². The molecule has 1 aromatic heterocycles. The van der Waals surface area contributed by atoms with Gasteiger partial charge in [0, 0.05) is 32.7 Å². The van der Waals surface area contributed by atoms with Gasteiger partial charge in [0.05, 0.1) is 5.69 Å². The van der Waals surface area contributed by atoms with Gasteiger partial charge in [0.1, 0.15) is 5.56 Å². The summed E-state index contributed by atoms with van der Waals surface area (Å²) in [5, 5.41) is 7.13. The second-order valence-corrected chi connectivity index (χ2v) is 6.50. The fraction of sp³-hybridized carbons (Fsp3) is 0.588. The number of nitrogens with zero attached hydrogens (tertiary/aromatic N) is 3. The van der Waals surface area contributed by atoms with E-state index in [0.29, 0.717) is 11.3 Å². The quantitative estimate of drug-likeness (QED) is 0.846. The van der Waals surface area contributed by atoms with E-state index < -0.39 is 0 Å². The van der Waals surface area contributed by atoms with Crippen molar-refractivity contribution in [1.82, 2.24) is 20.0 Å². The van der Waals surface area contributed by atoms with Gasteiger partial charge in [0.2, 0.25) is 0 Å². The fourth-order valence-corrected chi connectivity index (χ4v) is 2.99. The van der Waals surface area contributed by atoms with Crippen molar-refractivity contribution in [3.8, 4) is 0 Å². The molecule has 6 heteroatoms. The van der Waals surface area contributed by atoms with E-state index in [-0.39, 0.29) is 23.1 Å². The summed E-state index contributed by atoms with van der Waals surface area (Å²) in [5.41, 5.74) is 2.38. The number of aromatic nitrogens is 2. The first-order valence-electron chi connectivity index (χ1n) is 8.01. The van der Waals surface area contributed by atoms with E-state index in [2.05, 4.69) is 21.9 Å². The highest BCUT2D eigenvalue weighted by Gasteiger charge is 2.24. The molecule has 6 nitrogen and oxygen atoms in total. The Bertz CT molecular complexity index is 670. The van der Waals surface area contributed by atoms with Gasteiger partial charge in [-0.25, -0.2) is 4.68 Å². The third-order valence-corrected chi connectivity index (χ3v) is 4.37. The minimum atomic E-state index is -0.342. The van der Waals surface area contributed by atoms with E-state index in [1.165, 1.54) is 4.68 Å². The Hall–Kier alpha value is -1.95. The lowest BCUT2D eigenvalue weighted by molar-refractivity contribution is 0.0910. The number of nitrogens with one attached hydrogen (secondary N) is 1. The third kappa shape index (κ3) is 4.07. The van der Waals surface area contributed by atoms with Crippen LogP contribution in [0.15, 0.2) is 16.9 Å². The highest BCUT2D eigenvalue weighted by Crippen LogP contribution is 2.13. The lowest BCUT2D eigenvalue weighted by Gasteiger charge is -2.32. The number of hydrogen-bond donors (Lipinski definition) is 1. The second kappa shape index (κ2) is 7.08. The molecule has 126 valence electrons. The number of aryl methyl sites for hydroxylation is 2. The summed E-state index contributed by atoms with van der Waals surface area (Å²) < 4.78 is 1.23. The van der Waals surface area contributed by atoms with Crippen LogP contribution in [0.3, 0.4) is 0 Å². The van der Waals surface area contributed by atoms with E-state index in [4.69, 9.17) is 0 Å². The van der Waals surface area contributed by atoms with Gasteiger partial charge in [0.15, 0.2) is 0 Å². The van der Waals surface area contributed by atoms with Crippen LogP contribution in [-0.4, -0.2) is 46.3 Å². The van der Waals surface area contributed by atoms with E-state index in [9.17, 15) is 9.59 Å². The largest absolute Gasteiger partial charge is 0.349 e. The summed E-state index contributed by atoms with van der Waals surface area (Å²) in [6.07, 6.45) is 1.78. The van der Waals surface area contributed by atoms with Crippen molar-refractivity contribution in [2.45, 2.75) is 39.7 Å². The van der Waals surface area contributed by atoms with Gasteiger partial charge in [-0.3, -0.25) is 14.5 Å². The molecule has 1 aliphatic rings. The molecule has 2 rings (SSSR count). The van der Waals surface area contributed by atoms with Crippen LogP contribution in [0, 0.1) is 13.8 Å². The number of hydrogen-bond acceptors (Lipinski definition) is 4. The van der Waals surface area contributed by atoms with Gasteiger partial charge >= 0.3 is 0 Å². The lowest BCUT2D eigenvalue weighted by Crippen LogP contribution is -2.46. The normalized spacial score (nSPS) is 16.3. The van der Waals surface area contributed by atoms with Crippen LogP contribution in [0.4, 0.5) is 0 Å². The predicted octanol–water partition coefficient (Wildman–Crippen LogP) is 1.17. The SMILES string of the molecule is C=C(C)CN1CCC(NC(=O)c2c(C)c(C)nn(C)c2=O)CC1. The summed E-state index contributed by atoms with van der Waals surface area (Å²) in [6.45, 7) is 12.3. The standard InChI is InChI=1S/C17H26N4O2/c1-11(2)10-21-8-6-14(7-9-21)18-16(22)15-12(3)13(4)19-20(5)17(15)23/h14H,1,6-10H2,2-5H3,(H,18,22). The van der Waals surface area contributed by atoms with Gasteiger partial charge in [-0.15, -0.1) is 0 Å². The molecule has 0 aliphatic carbocycles. The third-order valence-electron chi connectivity index (χ3n) is 4.37. The highest BCUT2D eigenvalue weighted by molar-refractivity contribution is 5.95. The average molecular weight is 318 g/mol. The Morgan fingerprint density at radius 1 is 1.35 bits per heavy atom. The van der Waals surface area contributed by atoms with Crippen LogP contribution < -0.4 is 10.9 Å². The molecule has 23 heavy (non-hydrogen) atoms. The molecule has 1 fully saturated rings. The Balaban J connectivity index is 2.04. The molecule has 1 aromatic rings. The maximum atomic E-state index is 12.5. The van der Waals surface area contributed by atoms with Crippen LogP contribution >= 0.6 is 0 Å². The highest BCUT2D eigenvalue weighted by atomic mass is 16.2. The molecule has 0 radical (unpaired) electrons. The monoisotopic (exact) mass is 318 g/mol. The molecule has 0 bridgehead atoms. The van der Waals surface area contributed by atoms with Gasteiger partial charge in [-0.2, -0.15) is 5.10 Å². The lowest BCUT2D eigenvalue weighted by atomic mass is 10.0. The molecule has 0 spiro atoms. The number of rotatable bonds is 4. The molecule has 0 unspecified atom stereocenters. The molecule has 0 saturated carbocycles. The summed E-state index contributed by atoms with van der Waals surface area (Å²) in [6, 6.07) is 0.112. The fourth-order valence-electron chi connectivity index (χ4n) is 2.99. The second-order valence-electron chi connectivity index (χ2n) is 6.50. The number of piperidine rings is 1. The van der Waals surface area contributed by atoms with Gasteiger partial charge in [0.25, 0.3) is 11.5 Å². The van der Waals surface area contributed by atoms with Crippen LogP contribution in [-0.2, 0) is 7.05 Å². The summed E-state index contributed by atoms with van der Waals surface area (Å²) in [7, 11) is 1.57. The van der Waals surface area contributed by atoms with Crippen LogP contribution in [0.2, 0.25) is 0 Å². The summed E-state index contributed by atoms with van der Waals surface area (Å²) in [5.74, 6) is -0.285. The topological polar surface area (TPSA) is 67.2 Å². The maximum Gasteiger partial charge on any atom is 0.279 e. The number of carbonyl (C=O) groups excluding carboxylic acids is 1. The van der Waals surface area contributed by atoms with E-state index in [1.54, 1.807) is 14.0 Å².